The first kappa shape index (κ1) is 16.9. The molecule has 1 aliphatic carbocycles. The number of likely N-dealkylation sites (tertiary alicyclic amines) is 1. The van der Waals surface area contributed by atoms with Gasteiger partial charge in [-0.2, -0.15) is 0 Å². The van der Waals surface area contributed by atoms with E-state index >= 15 is 0 Å². The van der Waals surface area contributed by atoms with Gasteiger partial charge in [0.2, 0.25) is 0 Å². The average Bonchev–Trinajstić information content (AvgIpc) is 2.91. The van der Waals surface area contributed by atoms with Crippen LogP contribution in [0.25, 0.3) is 0 Å². The number of hydrogen-bond donors (Lipinski definition) is 0. The van der Waals surface area contributed by atoms with E-state index < -0.39 is 0 Å². The predicted octanol–water partition coefficient (Wildman–Crippen LogP) is 3.54. The van der Waals surface area contributed by atoms with Crippen LogP contribution in [0.15, 0.2) is 66.3 Å². The molecule has 0 aromatic heterocycles. The molecular weight excluding hydrogens is 298 g/mol. The number of nitrogens with zero attached hydrogens (tertiary/aromatic N) is 1. The summed E-state index contributed by atoms with van der Waals surface area (Å²) in [6, 6.07) is 10.4. The number of ether oxygens (including phenoxy) is 1. The zero-order chi connectivity index (χ0) is 16.6. The van der Waals surface area contributed by atoms with Crippen molar-refractivity contribution in [3.05, 3.63) is 71.8 Å². The van der Waals surface area contributed by atoms with Crippen molar-refractivity contribution in [2.45, 2.75) is 19.4 Å². The molecule has 2 aliphatic rings. The number of Topliss-reactive ketones (excluding diaryl/α,β-unsaturated/α-hetero) is 1. The van der Waals surface area contributed by atoms with Gasteiger partial charge in [-0.1, -0.05) is 60.7 Å². The number of benzene rings is 1. The molecule has 0 amide bonds. The minimum atomic E-state index is 0.118. The Balaban J connectivity index is 1.40. The molecule has 1 heterocycles. The highest BCUT2D eigenvalue weighted by Crippen LogP contribution is 2.19. The molecule has 1 fully saturated rings. The highest BCUT2D eigenvalue weighted by molar-refractivity contribution is 5.82. The summed E-state index contributed by atoms with van der Waals surface area (Å²) in [4.78, 5) is 14.7. The standard InChI is InChI=1S/C21H25NO2/c23-21(17-24-16-19-10-4-1-2-5-11-19)20-12-13-22(15-20)14-18-8-6-3-7-9-18/h1,3-11,20H,2,12-17H2. The fraction of sp³-hybridized carbons (Fsp3) is 0.381. The third kappa shape index (κ3) is 5.02. The van der Waals surface area contributed by atoms with Crippen molar-refractivity contribution in [1.29, 1.82) is 0 Å². The fourth-order valence-corrected chi connectivity index (χ4v) is 3.19. The third-order valence-corrected chi connectivity index (χ3v) is 4.54. The number of carbonyl (C=O) groups excluding carboxylic acids is 1. The summed E-state index contributed by atoms with van der Waals surface area (Å²) in [6.07, 6.45) is 12.3. The quantitative estimate of drug-likeness (QED) is 0.769. The first-order valence-electron chi connectivity index (χ1n) is 8.70. The molecule has 0 spiro atoms. The van der Waals surface area contributed by atoms with E-state index in [4.69, 9.17) is 4.74 Å². The van der Waals surface area contributed by atoms with Crippen molar-refractivity contribution in [1.82, 2.24) is 4.90 Å². The topological polar surface area (TPSA) is 29.5 Å². The number of carbonyl (C=O) groups is 1. The van der Waals surface area contributed by atoms with Gasteiger partial charge >= 0.3 is 0 Å². The Morgan fingerprint density at radius 1 is 1.21 bits per heavy atom. The summed E-state index contributed by atoms with van der Waals surface area (Å²) in [5.41, 5.74) is 2.43. The van der Waals surface area contributed by atoms with Gasteiger partial charge < -0.3 is 4.74 Å². The van der Waals surface area contributed by atoms with Crippen LogP contribution in [-0.2, 0) is 16.1 Å². The maximum atomic E-state index is 12.3. The lowest BCUT2D eigenvalue weighted by Gasteiger charge is -2.15. The van der Waals surface area contributed by atoms with Crippen molar-refractivity contribution in [3.8, 4) is 0 Å². The van der Waals surface area contributed by atoms with Crippen molar-refractivity contribution in [3.63, 3.8) is 0 Å². The molecule has 3 nitrogen and oxygen atoms in total. The molecule has 0 N–H and O–H groups in total. The smallest absolute Gasteiger partial charge is 0.162 e. The maximum absolute atomic E-state index is 12.3. The average molecular weight is 323 g/mol. The molecule has 0 radical (unpaired) electrons. The van der Waals surface area contributed by atoms with Crippen LogP contribution in [0.5, 0.6) is 0 Å². The van der Waals surface area contributed by atoms with E-state index in [1.165, 1.54) is 5.56 Å². The molecule has 24 heavy (non-hydrogen) atoms. The SMILES string of the molecule is O=C(COCC1=CC=CCC=C1)C1CCN(Cc2ccccc2)C1. The number of ketones is 1. The molecule has 3 rings (SSSR count). The van der Waals surface area contributed by atoms with E-state index in [1.54, 1.807) is 0 Å². The lowest BCUT2D eigenvalue weighted by molar-refractivity contribution is -0.126. The van der Waals surface area contributed by atoms with Crippen LogP contribution in [0.4, 0.5) is 0 Å². The molecule has 1 unspecified atom stereocenters. The molecule has 1 atom stereocenters. The first-order chi connectivity index (χ1) is 11.8. The molecule has 1 saturated heterocycles. The van der Waals surface area contributed by atoms with Crippen LogP contribution in [0.2, 0.25) is 0 Å². The lowest BCUT2D eigenvalue weighted by atomic mass is 10.0. The molecule has 1 aliphatic heterocycles. The zero-order valence-corrected chi connectivity index (χ0v) is 14.1. The normalized spacial score (nSPS) is 20.8. The Kier molecular flexibility index (Phi) is 6.16. The van der Waals surface area contributed by atoms with Crippen LogP contribution in [0.3, 0.4) is 0 Å². The maximum Gasteiger partial charge on any atom is 0.162 e. The second-order valence-electron chi connectivity index (χ2n) is 6.47. The van der Waals surface area contributed by atoms with Gasteiger partial charge in [-0.15, -0.1) is 0 Å². The molecule has 0 bridgehead atoms. The van der Waals surface area contributed by atoms with Crippen LogP contribution >= 0.6 is 0 Å². The van der Waals surface area contributed by atoms with Crippen molar-refractivity contribution < 1.29 is 9.53 Å². The first-order valence-corrected chi connectivity index (χ1v) is 8.70. The van der Waals surface area contributed by atoms with E-state index in [9.17, 15) is 4.79 Å². The van der Waals surface area contributed by atoms with Gasteiger partial charge in [-0.3, -0.25) is 9.69 Å². The van der Waals surface area contributed by atoms with Crippen LogP contribution in [-0.4, -0.2) is 37.0 Å². The summed E-state index contributed by atoms with van der Waals surface area (Å²) in [5, 5.41) is 0. The van der Waals surface area contributed by atoms with Gasteiger partial charge in [0, 0.05) is 19.0 Å². The van der Waals surface area contributed by atoms with E-state index in [-0.39, 0.29) is 18.3 Å². The Morgan fingerprint density at radius 3 is 2.96 bits per heavy atom. The fourth-order valence-electron chi connectivity index (χ4n) is 3.19. The van der Waals surface area contributed by atoms with Crippen LogP contribution in [0, 0.1) is 5.92 Å². The summed E-state index contributed by atoms with van der Waals surface area (Å²) in [6.45, 7) is 3.49. The second-order valence-corrected chi connectivity index (χ2v) is 6.47. The van der Waals surface area contributed by atoms with Gasteiger partial charge in [0.15, 0.2) is 5.78 Å². The zero-order valence-electron chi connectivity index (χ0n) is 14.1. The van der Waals surface area contributed by atoms with Gasteiger partial charge in [-0.25, -0.2) is 0 Å². The molecule has 3 heteroatoms. The molecule has 126 valence electrons. The lowest BCUT2D eigenvalue weighted by Crippen LogP contribution is -2.25. The minimum Gasteiger partial charge on any atom is -0.369 e. The van der Waals surface area contributed by atoms with Gasteiger partial charge in [0.1, 0.15) is 6.61 Å². The third-order valence-electron chi connectivity index (χ3n) is 4.54. The second kappa shape index (κ2) is 8.76. The van der Waals surface area contributed by atoms with Gasteiger partial charge in [0.05, 0.1) is 6.61 Å². The molecule has 1 aromatic carbocycles. The Labute approximate surface area is 144 Å². The Hall–Kier alpha value is -1.97. The summed E-state index contributed by atoms with van der Waals surface area (Å²) in [7, 11) is 0. The van der Waals surface area contributed by atoms with Gasteiger partial charge in [0.25, 0.3) is 0 Å². The number of hydrogen-bond acceptors (Lipinski definition) is 3. The molecule has 0 saturated carbocycles. The Morgan fingerprint density at radius 2 is 2.08 bits per heavy atom. The van der Waals surface area contributed by atoms with E-state index in [0.717, 1.165) is 38.0 Å². The number of allylic oxidation sites excluding steroid dienone is 4. The van der Waals surface area contributed by atoms with Gasteiger partial charge in [-0.05, 0) is 30.5 Å². The van der Waals surface area contributed by atoms with E-state index in [0.29, 0.717) is 6.61 Å². The monoisotopic (exact) mass is 323 g/mol. The minimum absolute atomic E-state index is 0.118. The summed E-state index contributed by atoms with van der Waals surface area (Å²) in [5.74, 6) is 0.353. The predicted molar refractivity (Wildman–Crippen MR) is 96.6 cm³/mol. The van der Waals surface area contributed by atoms with Crippen molar-refractivity contribution >= 4 is 5.78 Å². The number of rotatable bonds is 7. The van der Waals surface area contributed by atoms with E-state index in [1.807, 2.05) is 18.2 Å². The van der Waals surface area contributed by atoms with Crippen molar-refractivity contribution in [2.75, 3.05) is 26.3 Å². The van der Waals surface area contributed by atoms with Crippen LogP contribution < -0.4 is 0 Å². The van der Waals surface area contributed by atoms with E-state index in [2.05, 4.69) is 47.4 Å². The highest BCUT2D eigenvalue weighted by atomic mass is 16.5. The Bertz CT molecular complexity index is 630. The molecular formula is C21H25NO2. The molecule has 1 aromatic rings. The summed E-state index contributed by atoms with van der Waals surface area (Å²) < 4.78 is 5.63. The van der Waals surface area contributed by atoms with Crippen LogP contribution in [0.1, 0.15) is 18.4 Å². The largest absolute Gasteiger partial charge is 0.369 e. The summed E-state index contributed by atoms with van der Waals surface area (Å²) >= 11 is 0. The highest BCUT2D eigenvalue weighted by Gasteiger charge is 2.27. The van der Waals surface area contributed by atoms with Crippen molar-refractivity contribution in [2.24, 2.45) is 5.92 Å².